The van der Waals surface area contributed by atoms with Crippen LogP contribution >= 0.6 is 0 Å². The number of nitrogens with one attached hydrogen (secondary N) is 2. The third kappa shape index (κ3) is 5.27. The van der Waals surface area contributed by atoms with Crippen molar-refractivity contribution in [2.75, 3.05) is 10.6 Å². The molecule has 0 fully saturated rings. The molecule has 0 radical (unpaired) electrons. The SMILES string of the molecule is CCc1cc(C(F)(C(F)(F)F)C(F)(F)F)cc(C)c1NC(=O)c1ccc(-n2cncn2)c(NC(C)=O)c1. The van der Waals surface area contributed by atoms with Crippen LogP contribution in [0.15, 0.2) is 43.0 Å². The Morgan fingerprint density at radius 1 is 0.973 bits per heavy atom. The molecule has 2 amide bonds. The minimum Gasteiger partial charge on any atom is -0.324 e. The summed E-state index contributed by atoms with van der Waals surface area (Å²) in [5, 5.41) is 8.97. The molecule has 2 N–H and O–H groups in total. The van der Waals surface area contributed by atoms with Crippen molar-refractivity contribution in [3.8, 4) is 5.69 Å². The van der Waals surface area contributed by atoms with E-state index in [2.05, 4.69) is 20.7 Å². The Balaban J connectivity index is 2.03. The van der Waals surface area contributed by atoms with Crippen LogP contribution in [0, 0.1) is 6.92 Å². The van der Waals surface area contributed by atoms with Crippen molar-refractivity contribution in [2.24, 2.45) is 0 Å². The van der Waals surface area contributed by atoms with Gasteiger partial charge in [0.15, 0.2) is 0 Å². The van der Waals surface area contributed by atoms with Gasteiger partial charge in [0, 0.05) is 23.7 Å². The number of amides is 2. The molecule has 14 heteroatoms. The number of benzene rings is 2. The largest absolute Gasteiger partial charge is 0.435 e. The van der Waals surface area contributed by atoms with E-state index < -0.39 is 35.4 Å². The lowest BCUT2D eigenvalue weighted by Crippen LogP contribution is -2.50. The van der Waals surface area contributed by atoms with Crippen LogP contribution in [0.4, 0.5) is 42.1 Å². The number of anilines is 2. The molecule has 3 aromatic rings. The van der Waals surface area contributed by atoms with Crippen LogP contribution in [0.5, 0.6) is 0 Å². The van der Waals surface area contributed by atoms with Gasteiger partial charge in [-0.3, -0.25) is 9.59 Å². The quantitative estimate of drug-likeness (QED) is 0.403. The molecule has 37 heavy (non-hydrogen) atoms. The van der Waals surface area contributed by atoms with Crippen molar-refractivity contribution < 1.29 is 40.3 Å². The predicted molar refractivity (Wildman–Crippen MR) is 119 cm³/mol. The van der Waals surface area contributed by atoms with Crippen molar-refractivity contribution in [1.82, 2.24) is 14.8 Å². The third-order valence-corrected chi connectivity index (χ3v) is 5.45. The lowest BCUT2D eigenvalue weighted by Gasteiger charge is -2.31. The number of hydrogen-bond acceptors (Lipinski definition) is 4. The molecule has 0 atom stereocenters. The molecule has 0 bridgehead atoms. The summed E-state index contributed by atoms with van der Waals surface area (Å²) in [4.78, 5) is 28.4. The van der Waals surface area contributed by atoms with E-state index in [-0.39, 0.29) is 34.5 Å². The fourth-order valence-corrected chi connectivity index (χ4v) is 3.69. The molecular weight excluding hydrogens is 511 g/mol. The van der Waals surface area contributed by atoms with E-state index >= 15 is 0 Å². The average Bonchev–Trinajstić information content (AvgIpc) is 3.32. The summed E-state index contributed by atoms with van der Waals surface area (Å²) in [7, 11) is 0. The second kappa shape index (κ2) is 9.82. The molecule has 0 aliphatic rings. The van der Waals surface area contributed by atoms with E-state index in [1.54, 1.807) is 0 Å². The van der Waals surface area contributed by atoms with Gasteiger partial charge in [0.25, 0.3) is 5.91 Å². The van der Waals surface area contributed by atoms with Crippen molar-refractivity contribution in [3.05, 3.63) is 65.2 Å². The molecule has 0 unspecified atom stereocenters. The van der Waals surface area contributed by atoms with Crippen LogP contribution in [0.2, 0.25) is 0 Å². The number of carbonyl (C=O) groups is 2. The van der Waals surface area contributed by atoms with E-state index in [4.69, 9.17) is 0 Å². The number of aryl methyl sites for hydroxylation is 2. The average molecular weight is 531 g/mol. The summed E-state index contributed by atoms with van der Waals surface area (Å²) in [5.41, 5.74) is -7.08. The third-order valence-electron chi connectivity index (χ3n) is 5.45. The molecule has 3 rings (SSSR count). The summed E-state index contributed by atoms with van der Waals surface area (Å²) in [6.07, 6.45) is -10.0. The number of alkyl halides is 7. The number of aromatic nitrogens is 3. The van der Waals surface area contributed by atoms with E-state index in [0.29, 0.717) is 17.8 Å². The zero-order valence-electron chi connectivity index (χ0n) is 19.6. The first-order valence-corrected chi connectivity index (χ1v) is 10.6. The van der Waals surface area contributed by atoms with Crippen LogP contribution in [0.3, 0.4) is 0 Å². The van der Waals surface area contributed by atoms with Crippen LogP contribution in [-0.4, -0.2) is 38.9 Å². The van der Waals surface area contributed by atoms with Gasteiger partial charge in [0.2, 0.25) is 5.91 Å². The minimum absolute atomic E-state index is 0.00330. The molecule has 2 aromatic carbocycles. The van der Waals surface area contributed by atoms with Crippen molar-refractivity contribution >= 4 is 23.2 Å². The molecule has 0 saturated carbocycles. The Morgan fingerprint density at radius 2 is 1.62 bits per heavy atom. The lowest BCUT2D eigenvalue weighted by atomic mass is 9.89. The smallest absolute Gasteiger partial charge is 0.324 e. The lowest BCUT2D eigenvalue weighted by molar-refractivity contribution is -0.348. The van der Waals surface area contributed by atoms with Gasteiger partial charge in [-0.25, -0.2) is 14.1 Å². The highest BCUT2D eigenvalue weighted by atomic mass is 19.4. The summed E-state index contributed by atoms with van der Waals surface area (Å²) < 4.78 is 95.4. The monoisotopic (exact) mass is 531 g/mol. The van der Waals surface area contributed by atoms with Gasteiger partial charge in [-0.2, -0.15) is 31.4 Å². The molecular formula is C23H20F7N5O2. The molecule has 0 saturated heterocycles. The van der Waals surface area contributed by atoms with E-state index in [1.807, 2.05) is 0 Å². The molecule has 0 aliphatic carbocycles. The highest BCUT2D eigenvalue weighted by Gasteiger charge is 2.73. The number of halogens is 7. The summed E-state index contributed by atoms with van der Waals surface area (Å²) in [5.74, 6) is -1.23. The second-order valence-electron chi connectivity index (χ2n) is 8.04. The first-order chi connectivity index (χ1) is 17.1. The maximum atomic E-state index is 14.6. The zero-order chi connectivity index (χ0) is 27.8. The highest BCUT2D eigenvalue weighted by Crippen LogP contribution is 2.53. The summed E-state index contributed by atoms with van der Waals surface area (Å²) in [6, 6.07) is 4.98. The van der Waals surface area contributed by atoms with Crippen LogP contribution < -0.4 is 10.6 Å². The highest BCUT2D eigenvalue weighted by molar-refractivity contribution is 6.06. The second-order valence-corrected chi connectivity index (χ2v) is 8.04. The summed E-state index contributed by atoms with van der Waals surface area (Å²) >= 11 is 0. The number of hydrogen-bond donors (Lipinski definition) is 2. The number of rotatable bonds is 6. The van der Waals surface area contributed by atoms with Gasteiger partial charge in [0.1, 0.15) is 12.7 Å². The van der Waals surface area contributed by atoms with Crippen molar-refractivity contribution in [1.29, 1.82) is 0 Å². The van der Waals surface area contributed by atoms with Gasteiger partial charge in [-0.15, -0.1) is 0 Å². The fraction of sp³-hybridized carbons (Fsp3) is 0.304. The van der Waals surface area contributed by atoms with Gasteiger partial charge >= 0.3 is 18.0 Å². The normalized spacial score (nSPS) is 12.4. The molecule has 0 spiro atoms. The van der Waals surface area contributed by atoms with E-state index in [9.17, 15) is 40.3 Å². The Morgan fingerprint density at radius 3 is 2.14 bits per heavy atom. The van der Waals surface area contributed by atoms with Gasteiger partial charge < -0.3 is 10.6 Å². The Kier molecular flexibility index (Phi) is 7.33. The standard InChI is InChI=1S/C23H20F7N5O2/c1-4-14-8-16(21(24,22(25,26)27)23(28,29)30)7-12(2)19(14)34-20(37)15-5-6-18(35-11-31-10-32-35)17(9-15)33-13(3)36/h5-11H,4H2,1-3H3,(H,33,36)(H,34,37). The van der Waals surface area contributed by atoms with E-state index in [1.165, 1.54) is 49.4 Å². The van der Waals surface area contributed by atoms with Crippen molar-refractivity contribution in [3.63, 3.8) is 0 Å². The molecule has 1 aromatic heterocycles. The molecule has 1 heterocycles. The van der Waals surface area contributed by atoms with Crippen LogP contribution in [0.25, 0.3) is 5.69 Å². The van der Waals surface area contributed by atoms with Crippen molar-refractivity contribution in [2.45, 2.75) is 45.2 Å². The Labute approximate surface area is 205 Å². The topological polar surface area (TPSA) is 88.9 Å². The number of carbonyl (C=O) groups excluding carboxylic acids is 2. The molecule has 7 nitrogen and oxygen atoms in total. The Hall–Kier alpha value is -3.97. The maximum absolute atomic E-state index is 14.6. The molecule has 0 aliphatic heterocycles. The first-order valence-electron chi connectivity index (χ1n) is 10.6. The number of nitrogens with zero attached hydrogens (tertiary/aromatic N) is 3. The van der Waals surface area contributed by atoms with E-state index in [0.717, 1.165) is 6.92 Å². The predicted octanol–water partition coefficient (Wildman–Crippen LogP) is 5.64. The summed E-state index contributed by atoms with van der Waals surface area (Å²) in [6.45, 7) is 3.82. The fourth-order valence-electron chi connectivity index (χ4n) is 3.69. The first kappa shape index (κ1) is 27.6. The van der Waals surface area contributed by atoms with Crippen LogP contribution in [-0.2, 0) is 16.9 Å². The van der Waals surface area contributed by atoms with Gasteiger partial charge in [-0.05, 0) is 48.7 Å². The molecule has 198 valence electrons. The van der Waals surface area contributed by atoms with Gasteiger partial charge in [-0.1, -0.05) is 13.0 Å². The Bertz CT molecular complexity index is 1300. The van der Waals surface area contributed by atoms with Gasteiger partial charge in [0.05, 0.1) is 11.4 Å². The van der Waals surface area contributed by atoms with Crippen LogP contribution in [0.1, 0.15) is 40.9 Å². The maximum Gasteiger partial charge on any atom is 0.435 e. The minimum atomic E-state index is -6.26. The zero-order valence-corrected chi connectivity index (χ0v) is 19.6.